The van der Waals surface area contributed by atoms with Crippen LogP contribution in [0.3, 0.4) is 0 Å². The highest BCUT2D eigenvalue weighted by atomic mass is 35.5. The number of halogens is 3. The number of pyridine rings is 1. The predicted molar refractivity (Wildman–Crippen MR) is 108 cm³/mol. The van der Waals surface area contributed by atoms with Gasteiger partial charge in [0, 0.05) is 50.1 Å². The van der Waals surface area contributed by atoms with Gasteiger partial charge in [0.1, 0.15) is 5.15 Å². The van der Waals surface area contributed by atoms with Crippen molar-refractivity contribution in [2.75, 3.05) is 32.1 Å². The SMILES string of the molecule is Cc1cc(-n2nc(N3CCC(N(C)C)C3)c3cnc(Cl)cc32)nc(C(C)(F)F)n1. The molecule has 1 atom stereocenters. The lowest BCUT2D eigenvalue weighted by Crippen LogP contribution is -2.31. The number of nitrogens with zero attached hydrogens (tertiary/aromatic N) is 7. The number of alkyl halides is 2. The molecule has 1 saturated heterocycles. The summed E-state index contributed by atoms with van der Waals surface area (Å²) in [6.45, 7) is 4.11. The molecule has 1 aliphatic heterocycles. The third-order valence-corrected chi connectivity index (χ3v) is 5.36. The maximum Gasteiger partial charge on any atom is 0.303 e. The molecule has 0 amide bonds. The Morgan fingerprint density at radius 2 is 2.00 bits per heavy atom. The summed E-state index contributed by atoms with van der Waals surface area (Å²) in [4.78, 5) is 16.5. The van der Waals surface area contributed by atoms with E-state index in [1.165, 1.54) is 0 Å². The number of anilines is 1. The fraction of sp³-hybridized carbons (Fsp3) is 0.474. The first kappa shape index (κ1) is 19.9. The molecule has 0 bridgehead atoms. The molecule has 3 aromatic rings. The second kappa shape index (κ2) is 7.14. The zero-order valence-electron chi connectivity index (χ0n) is 16.7. The van der Waals surface area contributed by atoms with Gasteiger partial charge in [-0.2, -0.15) is 8.78 Å². The third-order valence-electron chi connectivity index (χ3n) is 5.16. The van der Waals surface area contributed by atoms with E-state index < -0.39 is 11.7 Å². The van der Waals surface area contributed by atoms with Crippen molar-refractivity contribution in [2.45, 2.75) is 32.2 Å². The van der Waals surface area contributed by atoms with E-state index in [9.17, 15) is 8.78 Å². The van der Waals surface area contributed by atoms with E-state index in [0.717, 1.165) is 37.6 Å². The van der Waals surface area contributed by atoms with Gasteiger partial charge < -0.3 is 9.80 Å². The number of rotatable bonds is 4. The van der Waals surface area contributed by atoms with Crippen LogP contribution in [0.25, 0.3) is 16.7 Å². The Kier molecular flexibility index (Phi) is 4.90. The minimum absolute atomic E-state index is 0.274. The number of aromatic nitrogens is 5. The van der Waals surface area contributed by atoms with Gasteiger partial charge in [0.2, 0.25) is 5.82 Å². The summed E-state index contributed by atoms with van der Waals surface area (Å²) in [6, 6.07) is 3.72. The van der Waals surface area contributed by atoms with E-state index in [0.29, 0.717) is 22.4 Å². The summed E-state index contributed by atoms with van der Waals surface area (Å²) in [7, 11) is 4.12. The Morgan fingerprint density at radius 3 is 2.66 bits per heavy atom. The summed E-state index contributed by atoms with van der Waals surface area (Å²) in [5.74, 6) is -2.67. The molecule has 0 radical (unpaired) electrons. The average molecular weight is 422 g/mol. The van der Waals surface area contributed by atoms with Crippen molar-refractivity contribution in [3.8, 4) is 5.82 Å². The number of aryl methyl sites for hydroxylation is 1. The van der Waals surface area contributed by atoms with Gasteiger partial charge in [0.25, 0.3) is 0 Å². The van der Waals surface area contributed by atoms with Gasteiger partial charge >= 0.3 is 5.92 Å². The standard InChI is InChI=1S/C19H22ClF2N7/c1-11-7-16(25-18(24-11)19(2,21)22)29-14-8-15(20)23-9-13(14)17(26-29)28-6-5-12(10-28)27(3)4/h7-9,12H,5-6,10H2,1-4H3. The van der Waals surface area contributed by atoms with Gasteiger partial charge in [-0.25, -0.2) is 19.6 Å². The van der Waals surface area contributed by atoms with Crippen LogP contribution in [-0.2, 0) is 5.92 Å². The van der Waals surface area contributed by atoms with Gasteiger partial charge in [-0.3, -0.25) is 0 Å². The smallest absolute Gasteiger partial charge is 0.303 e. The monoisotopic (exact) mass is 421 g/mol. The van der Waals surface area contributed by atoms with Crippen molar-refractivity contribution in [3.63, 3.8) is 0 Å². The van der Waals surface area contributed by atoms with E-state index in [2.05, 4.69) is 38.8 Å². The summed E-state index contributed by atoms with van der Waals surface area (Å²) in [5, 5.41) is 5.83. The van der Waals surface area contributed by atoms with Gasteiger partial charge in [-0.1, -0.05) is 11.6 Å². The van der Waals surface area contributed by atoms with Crippen LogP contribution in [0.1, 0.15) is 24.9 Å². The lowest BCUT2D eigenvalue weighted by Gasteiger charge is -2.20. The van der Waals surface area contributed by atoms with Crippen molar-refractivity contribution in [3.05, 3.63) is 35.0 Å². The molecule has 4 heterocycles. The Balaban J connectivity index is 1.86. The second-order valence-corrected chi connectivity index (χ2v) is 8.08. The van der Waals surface area contributed by atoms with Gasteiger partial charge in [-0.05, 0) is 27.4 Å². The molecule has 1 aliphatic rings. The molecule has 4 rings (SSSR count). The topological polar surface area (TPSA) is 63.0 Å². The molecule has 1 unspecified atom stereocenters. The summed E-state index contributed by atoms with van der Waals surface area (Å²) in [6.07, 6.45) is 2.68. The van der Waals surface area contributed by atoms with Crippen LogP contribution in [0.2, 0.25) is 5.15 Å². The van der Waals surface area contributed by atoms with E-state index in [4.69, 9.17) is 16.7 Å². The van der Waals surface area contributed by atoms with Crippen LogP contribution in [0.4, 0.5) is 14.6 Å². The molecular formula is C19H22ClF2N7. The quantitative estimate of drug-likeness (QED) is 0.601. The zero-order valence-corrected chi connectivity index (χ0v) is 17.5. The van der Waals surface area contributed by atoms with Gasteiger partial charge in [0.05, 0.1) is 10.9 Å². The first-order chi connectivity index (χ1) is 13.6. The minimum atomic E-state index is -3.15. The van der Waals surface area contributed by atoms with Crippen molar-refractivity contribution in [1.29, 1.82) is 0 Å². The molecular weight excluding hydrogens is 400 g/mol. The lowest BCUT2D eigenvalue weighted by atomic mass is 10.2. The van der Waals surface area contributed by atoms with Gasteiger partial charge in [0.15, 0.2) is 11.6 Å². The third kappa shape index (κ3) is 3.76. The lowest BCUT2D eigenvalue weighted by molar-refractivity contribution is 0.00747. The molecule has 3 aromatic heterocycles. The molecule has 10 heteroatoms. The molecule has 0 aromatic carbocycles. The van der Waals surface area contributed by atoms with Crippen LogP contribution in [0.15, 0.2) is 18.3 Å². The minimum Gasteiger partial charge on any atom is -0.353 e. The summed E-state index contributed by atoms with van der Waals surface area (Å²) in [5.41, 5.74) is 1.10. The molecule has 0 aliphatic carbocycles. The average Bonchev–Trinajstić information content (AvgIpc) is 3.24. The fourth-order valence-corrected chi connectivity index (χ4v) is 3.74. The van der Waals surface area contributed by atoms with E-state index in [1.807, 2.05) is 0 Å². The van der Waals surface area contributed by atoms with Crippen LogP contribution in [0.5, 0.6) is 0 Å². The molecule has 29 heavy (non-hydrogen) atoms. The summed E-state index contributed by atoms with van der Waals surface area (Å²) < 4.78 is 29.3. The first-order valence-corrected chi connectivity index (χ1v) is 9.71. The molecule has 154 valence electrons. The van der Waals surface area contributed by atoms with Crippen LogP contribution >= 0.6 is 11.6 Å². The van der Waals surface area contributed by atoms with Gasteiger partial charge in [-0.15, -0.1) is 5.10 Å². The molecule has 0 saturated carbocycles. The number of fused-ring (bicyclic) bond motifs is 1. The van der Waals surface area contributed by atoms with Crippen molar-refractivity contribution in [1.82, 2.24) is 29.6 Å². The highest BCUT2D eigenvalue weighted by Gasteiger charge is 2.31. The van der Waals surface area contributed by atoms with Crippen LogP contribution in [-0.4, -0.2) is 62.9 Å². The van der Waals surface area contributed by atoms with Crippen LogP contribution in [0, 0.1) is 6.92 Å². The Labute approximate surface area is 172 Å². The Bertz CT molecular complexity index is 1060. The van der Waals surface area contributed by atoms with Crippen molar-refractivity contribution >= 4 is 28.3 Å². The largest absolute Gasteiger partial charge is 0.353 e. The van der Waals surface area contributed by atoms with Crippen molar-refractivity contribution in [2.24, 2.45) is 0 Å². The van der Waals surface area contributed by atoms with E-state index in [1.54, 1.807) is 29.9 Å². The maximum absolute atomic E-state index is 13.9. The van der Waals surface area contributed by atoms with Crippen LogP contribution < -0.4 is 4.90 Å². The molecule has 0 N–H and O–H groups in total. The normalized spacial score (nSPS) is 17.7. The number of hydrogen-bond donors (Lipinski definition) is 0. The molecule has 1 fully saturated rings. The first-order valence-electron chi connectivity index (χ1n) is 9.33. The second-order valence-electron chi connectivity index (χ2n) is 7.69. The summed E-state index contributed by atoms with van der Waals surface area (Å²) >= 11 is 6.12. The molecule has 7 nitrogen and oxygen atoms in total. The van der Waals surface area contributed by atoms with Crippen molar-refractivity contribution < 1.29 is 8.78 Å². The molecule has 0 spiro atoms. The van der Waals surface area contributed by atoms with E-state index in [-0.39, 0.29) is 5.82 Å². The number of likely N-dealkylation sites (N-methyl/N-ethyl adjacent to an activating group) is 1. The highest BCUT2D eigenvalue weighted by molar-refractivity contribution is 6.30. The maximum atomic E-state index is 13.9. The highest BCUT2D eigenvalue weighted by Crippen LogP contribution is 2.32. The number of hydrogen-bond acceptors (Lipinski definition) is 6. The Hall–Kier alpha value is -2.39. The zero-order chi connectivity index (χ0) is 20.9. The predicted octanol–water partition coefficient (Wildman–Crippen LogP) is 3.42. The Morgan fingerprint density at radius 1 is 1.24 bits per heavy atom. The fourth-order valence-electron chi connectivity index (χ4n) is 3.59. The van der Waals surface area contributed by atoms with E-state index >= 15 is 0 Å².